The Hall–Kier alpha value is -0.940. The number of halogens is 2. The number of amidine groups is 1. The van der Waals surface area contributed by atoms with Crippen LogP contribution in [0.15, 0.2) is 27.8 Å². The summed E-state index contributed by atoms with van der Waals surface area (Å²) >= 11 is 9.13. The maximum atomic E-state index is 8.32. The van der Waals surface area contributed by atoms with Gasteiger partial charge < -0.3 is 16.3 Å². The zero-order valence-corrected chi connectivity index (χ0v) is 9.51. The lowest BCUT2D eigenvalue weighted by Crippen LogP contribution is -2.22. The van der Waals surface area contributed by atoms with Crippen molar-refractivity contribution in [1.29, 1.82) is 0 Å². The molecule has 0 atom stereocenters. The molecule has 0 aliphatic carbocycles. The minimum absolute atomic E-state index is 0.108. The molecule has 4 N–H and O–H groups in total. The molecule has 0 spiro atoms. The average molecular weight is 279 g/mol. The molecule has 0 aliphatic rings. The van der Waals surface area contributed by atoms with Crippen molar-refractivity contribution in [2.45, 2.75) is 0 Å². The van der Waals surface area contributed by atoms with Crippen LogP contribution in [0, 0.1) is 0 Å². The maximum absolute atomic E-state index is 8.32. The molecule has 0 aromatic heterocycles. The lowest BCUT2D eigenvalue weighted by molar-refractivity contribution is 0.317. The summed E-state index contributed by atoms with van der Waals surface area (Å²) < 4.78 is 0.868. The van der Waals surface area contributed by atoms with Crippen LogP contribution in [0.25, 0.3) is 0 Å². The van der Waals surface area contributed by atoms with Gasteiger partial charge in [-0.1, -0.05) is 16.8 Å². The number of nitrogens with two attached hydrogens (primary N) is 1. The van der Waals surface area contributed by atoms with Crippen molar-refractivity contribution in [3.63, 3.8) is 0 Å². The third-order valence-corrected chi connectivity index (χ3v) is 2.44. The van der Waals surface area contributed by atoms with E-state index in [1.165, 1.54) is 0 Å². The molecule has 0 saturated carbocycles. The third-order valence-electron chi connectivity index (χ3n) is 1.52. The molecule has 6 heteroatoms. The van der Waals surface area contributed by atoms with Gasteiger partial charge in [0.15, 0.2) is 5.84 Å². The number of hydrogen-bond donors (Lipinski definition) is 3. The van der Waals surface area contributed by atoms with Gasteiger partial charge >= 0.3 is 0 Å². The SMILES string of the molecule is N/C(CNc1cc(Cl)ccc1Br)=N/O. The highest BCUT2D eigenvalue weighted by Gasteiger charge is 2.00. The van der Waals surface area contributed by atoms with Crippen LogP contribution in [0.4, 0.5) is 5.69 Å². The van der Waals surface area contributed by atoms with Crippen LogP contribution in [0.3, 0.4) is 0 Å². The van der Waals surface area contributed by atoms with E-state index in [4.69, 9.17) is 22.5 Å². The number of nitrogens with one attached hydrogen (secondary N) is 1. The van der Waals surface area contributed by atoms with Gasteiger partial charge in [0.25, 0.3) is 0 Å². The van der Waals surface area contributed by atoms with E-state index < -0.39 is 0 Å². The van der Waals surface area contributed by atoms with E-state index in [9.17, 15) is 0 Å². The second kappa shape index (κ2) is 5.07. The van der Waals surface area contributed by atoms with Gasteiger partial charge in [-0.2, -0.15) is 0 Å². The minimum Gasteiger partial charge on any atom is -0.409 e. The standard InChI is InChI=1S/C8H9BrClN3O/c9-6-2-1-5(10)3-7(6)12-4-8(11)13-14/h1-3,12,14H,4H2,(H2,11,13). The second-order valence-electron chi connectivity index (χ2n) is 2.57. The molecule has 0 bridgehead atoms. The molecule has 76 valence electrons. The fraction of sp³-hybridized carbons (Fsp3) is 0.125. The number of anilines is 1. The van der Waals surface area contributed by atoms with Crippen molar-refractivity contribution in [2.24, 2.45) is 10.9 Å². The van der Waals surface area contributed by atoms with E-state index in [1.54, 1.807) is 12.1 Å². The second-order valence-corrected chi connectivity index (χ2v) is 3.86. The first kappa shape index (κ1) is 11.1. The molecule has 0 saturated heterocycles. The van der Waals surface area contributed by atoms with Crippen LogP contribution < -0.4 is 11.1 Å². The predicted molar refractivity (Wildman–Crippen MR) is 61.1 cm³/mol. The van der Waals surface area contributed by atoms with E-state index in [0.29, 0.717) is 5.02 Å². The van der Waals surface area contributed by atoms with Crippen LogP contribution in [0.2, 0.25) is 5.02 Å². The first-order valence-corrected chi connectivity index (χ1v) is 4.96. The van der Waals surface area contributed by atoms with Gasteiger partial charge in [-0.05, 0) is 34.1 Å². The molecule has 1 aromatic carbocycles. The highest BCUT2D eigenvalue weighted by Crippen LogP contribution is 2.25. The van der Waals surface area contributed by atoms with Gasteiger partial charge in [-0.25, -0.2) is 0 Å². The predicted octanol–water partition coefficient (Wildman–Crippen LogP) is 2.26. The number of rotatable bonds is 3. The fourth-order valence-electron chi connectivity index (χ4n) is 0.854. The molecule has 14 heavy (non-hydrogen) atoms. The van der Waals surface area contributed by atoms with Gasteiger partial charge in [0.05, 0.1) is 12.2 Å². The van der Waals surface area contributed by atoms with Crippen molar-refractivity contribution in [3.8, 4) is 0 Å². The van der Waals surface area contributed by atoms with Crippen LogP contribution >= 0.6 is 27.5 Å². The maximum Gasteiger partial charge on any atom is 0.158 e. The summed E-state index contributed by atoms with van der Waals surface area (Å²) in [7, 11) is 0. The summed E-state index contributed by atoms with van der Waals surface area (Å²) in [4.78, 5) is 0. The molecule has 4 nitrogen and oxygen atoms in total. The molecule has 0 fully saturated rings. The Labute approximate surface area is 94.9 Å². The van der Waals surface area contributed by atoms with Crippen molar-refractivity contribution >= 4 is 39.1 Å². The Balaban J connectivity index is 2.71. The van der Waals surface area contributed by atoms with Gasteiger partial charge in [-0.3, -0.25) is 0 Å². The average Bonchev–Trinajstić information content (AvgIpc) is 2.19. The van der Waals surface area contributed by atoms with Crippen LogP contribution in [-0.2, 0) is 0 Å². The molecular formula is C8H9BrClN3O. The monoisotopic (exact) mass is 277 g/mol. The summed E-state index contributed by atoms with van der Waals surface area (Å²) in [6, 6.07) is 5.33. The van der Waals surface area contributed by atoms with E-state index in [0.717, 1.165) is 10.2 Å². The van der Waals surface area contributed by atoms with Crippen molar-refractivity contribution in [3.05, 3.63) is 27.7 Å². The normalized spacial score (nSPS) is 11.4. The summed E-state index contributed by atoms with van der Waals surface area (Å²) in [6.07, 6.45) is 0. The van der Waals surface area contributed by atoms with Gasteiger partial charge in [0, 0.05) is 9.50 Å². The van der Waals surface area contributed by atoms with E-state index in [-0.39, 0.29) is 12.4 Å². The fourth-order valence-corrected chi connectivity index (χ4v) is 1.41. The highest BCUT2D eigenvalue weighted by atomic mass is 79.9. The van der Waals surface area contributed by atoms with Crippen LogP contribution in [-0.4, -0.2) is 17.6 Å². The molecule has 1 rings (SSSR count). The molecule has 1 aromatic rings. The number of oxime groups is 1. The topological polar surface area (TPSA) is 70.6 Å². The number of benzene rings is 1. The third kappa shape index (κ3) is 3.08. The molecule has 0 heterocycles. The summed E-state index contributed by atoms with van der Waals surface area (Å²) in [5.41, 5.74) is 6.09. The van der Waals surface area contributed by atoms with Gasteiger partial charge in [-0.15, -0.1) is 0 Å². The molecule has 0 amide bonds. The Morgan fingerprint density at radius 1 is 1.64 bits per heavy atom. The lowest BCUT2D eigenvalue weighted by Gasteiger charge is -2.07. The summed E-state index contributed by atoms with van der Waals surface area (Å²) in [6.45, 7) is 0.259. The zero-order chi connectivity index (χ0) is 10.6. The molecule has 0 unspecified atom stereocenters. The van der Waals surface area contributed by atoms with E-state index in [2.05, 4.69) is 26.4 Å². The first-order chi connectivity index (χ1) is 6.63. The Morgan fingerprint density at radius 2 is 2.36 bits per heavy atom. The van der Waals surface area contributed by atoms with Crippen molar-refractivity contribution < 1.29 is 5.21 Å². The molecular weight excluding hydrogens is 269 g/mol. The van der Waals surface area contributed by atoms with Crippen molar-refractivity contribution in [1.82, 2.24) is 0 Å². The Kier molecular flexibility index (Phi) is 4.03. The molecule has 0 radical (unpaired) electrons. The van der Waals surface area contributed by atoms with Crippen LogP contribution in [0.1, 0.15) is 0 Å². The zero-order valence-electron chi connectivity index (χ0n) is 7.17. The molecule has 0 aliphatic heterocycles. The number of nitrogens with zero attached hydrogens (tertiary/aromatic N) is 1. The van der Waals surface area contributed by atoms with Crippen LogP contribution in [0.5, 0.6) is 0 Å². The summed E-state index contributed by atoms with van der Waals surface area (Å²) in [5.74, 6) is 0.108. The van der Waals surface area contributed by atoms with E-state index in [1.807, 2.05) is 6.07 Å². The Morgan fingerprint density at radius 3 is 3.00 bits per heavy atom. The number of hydrogen-bond acceptors (Lipinski definition) is 3. The smallest absolute Gasteiger partial charge is 0.158 e. The quantitative estimate of drug-likeness (QED) is 0.344. The lowest BCUT2D eigenvalue weighted by atomic mass is 10.3. The minimum atomic E-state index is 0.108. The van der Waals surface area contributed by atoms with Crippen molar-refractivity contribution in [2.75, 3.05) is 11.9 Å². The summed E-state index contributed by atoms with van der Waals surface area (Å²) in [5, 5.41) is 14.7. The largest absolute Gasteiger partial charge is 0.409 e. The van der Waals surface area contributed by atoms with Gasteiger partial charge in [0.1, 0.15) is 0 Å². The van der Waals surface area contributed by atoms with Gasteiger partial charge in [0.2, 0.25) is 0 Å². The van der Waals surface area contributed by atoms with E-state index >= 15 is 0 Å². The highest BCUT2D eigenvalue weighted by molar-refractivity contribution is 9.10. The Bertz CT molecular complexity index is 356. The first-order valence-electron chi connectivity index (χ1n) is 3.79.